The number of nitrogens with one attached hydrogen (secondary N) is 1. The van der Waals surface area contributed by atoms with Crippen molar-refractivity contribution in [1.82, 2.24) is 0 Å². The van der Waals surface area contributed by atoms with E-state index >= 15 is 0 Å². The number of amides is 1. The monoisotopic (exact) mass is 322 g/mol. The molecule has 124 valence electrons. The Bertz CT molecular complexity index is 785. The van der Waals surface area contributed by atoms with Gasteiger partial charge in [0.1, 0.15) is 6.04 Å². The Morgan fingerprint density at radius 2 is 1.92 bits per heavy atom. The van der Waals surface area contributed by atoms with Gasteiger partial charge in [-0.3, -0.25) is 9.59 Å². The van der Waals surface area contributed by atoms with Crippen LogP contribution in [-0.4, -0.2) is 23.8 Å². The van der Waals surface area contributed by atoms with Gasteiger partial charge in [-0.1, -0.05) is 30.3 Å². The molecule has 2 aromatic carbocycles. The number of carbonyl (C=O) groups is 2. The van der Waals surface area contributed by atoms with Gasteiger partial charge >= 0.3 is 0 Å². The molecule has 1 aliphatic rings. The lowest BCUT2D eigenvalue weighted by atomic mass is 10.1. The van der Waals surface area contributed by atoms with Crippen LogP contribution in [0.1, 0.15) is 36.7 Å². The molecule has 4 nitrogen and oxygen atoms in total. The Morgan fingerprint density at radius 3 is 2.67 bits per heavy atom. The predicted molar refractivity (Wildman–Crippen MR) is 96.6 cm³/mol. The summed E-state index contributed by atoms with van der Waals surface area (Å²) in [5.74, 6) is -0.0829. The number of rotatable bonds is 4. The van der Waals surface area contributed by atoms with Crippen LogP contribution in [0.4, 0.5) is 11.4 Å². The minimum absolute atomic E-state index is 0.0127. The molecule has 2 atom stereocenters. The molecule has 1 heterocycles. The summed E-state index contributed by atoms with van der Waals surface area (Å²) in [5, 5.41) is 2.93. The van der Waals surface area contributed by atoms with Crippen LogP contribution >= 0.6 is 0 Å². The van der Waals surface area contributed by atoms with E-state index in [9.17, 15) is 9.59 Å². The number of ketones is 1. The van der Waals surface area contributed by atoms with Crippen molar-refractivity contribution in [3.8, 4) is 0 Å². The van der Waals surface area contributed by atoms with Crippen LogP contribution in [0.25, 0.3) is 0 Å². The molecule has 0 saturated carbocycles. The van der Waals surface area contributed by atoms with E-state index in [1.807, 2.05) is 19.1 Å². The van der Waals surface area contributed by atoms with Crippen LogP contribution in [0, 0.1) is 0 Å². The van der Waals surface area contributed by atoms with Crippen molar-refractivity contribution in [1.29, 1.82) is 0 Å². The first-order chi connectivity index (χ1) is 11.5. The fourth-order valence-corrected chi connectivity index (χ4v) is 3.37. The van der Waals surface area contributed by atoms with E-state index < -0.39 is 0 Å². The number of hydrogen-bond donors (Lipinski definition) is 1. The minimum atomic E-state index is -0.287. The Kier molecular flexibility index (Phi) is 4.38. The van der Waals surface area contributed by atoms with Crippen LogP contribution in [0.5, 0.6) is 0 Å². The van der Waals surface area contributed by atoms with E-state index in [0.717, 1.165) is 12.1 Å². The second-order valence-corrected chi connectivity index (χ2v) is 6.39. The summed E-state index contributed by atoms with van der Waals surface area (Å²) in [6, 6.07) is 15.3. The number of hydrogen-bond acceptors (Lipinski definition) is 3. The molecule has 4 heteroatoms. The first-order valence-electron chi connectivity index (χ1n) is 8.25. The molecule has 24 heavy (non-hydrogen) atoms. The Balaban J connectivity index is 1.78. The molecule has 2 unspecified atom stereocenters. The third kappa shape index (κ3) is 3.04. The van der Waals surface area contributed by atoms with Crippen molar-refractivity contribution in [2.45, 2.75) is 39.3 Å². The summed E-state index contributed by atoms with van der Waals surface area (Å²) in [7, 11) is 0. The van der Waals surface area contributed by atoms with Crippen molar-refractivity contribution in [2.24, 2.45) is 0 Å². The fourth-order valence-electron chi connectivity index (χ4n) is 3.37. The lowest BCUT2D eigenvalue weighted by Gasteiger charge is -2.30. The molecule has 0 radical (unpaired) electrons. The van der Waals surface area contributed by atoms with Crippen molar-refractivity contribution >= 4 is 23.1 Å². The number of carbonyl (C=O) groups excluding carboxylic acids is 2. The molecule has 0 fully saturated rings. The average molecular weight is 322 g/mol. The highest BCUT2D eigenvalue weighted by atomic mass is 16.2. The number of nitrogens with zero attached hydrogens (tertiary/aromatic N) is 1. The van der Waals surface area contributed by atoms with E-state index in [0.29, 0.717) is 11.3 Å². The zero-order valence-electron chi connectivity index (χ0n) is 14.2. The Hall–Kier alpha value is -2.62. The highest BCUT2D eigenvalue weighted by Gasteiger charge is 2.32. The smallest absolute Gasteiger partial charge is 0.246 e. The molecule has 1 aliphatic heterocycles. The standard InChI is InChI=1S/C20H22N2O2/c1-13-11-17-7-4-5-10-19(17)22(13)14(2)20(24)21-18-9-6-8-16(12-18)15(3)23/h4-10,12-14H,11H2,1-3H3,(H,21,24). The maximum atomic E-state index is 12.7. The molecule has 1 N–H and O–H groups in total. The summed E-state index contributed by atoms with van der Waals surface area (Å²) in [4.78, 5) is 26.4. The zero-order chi connectivity index (χ0) is 17.3. The molecule has 0 bridgehead atoms. The first-order valence-corrected chi connectivity index (χ1v) is 8.25. The van der Waals surface area contributed by atoms with E-state index in [1.165, 1.54) is 12.5 Å². The molecule has 0 aliphatic carbocycles. The Morgan fingerprint density at radius 1 is 1.17 bits per heavy atom. The lowest BCUT2D eigenvalue weighted by molar-refractivity contribution is -0.117. The quantitative estimate of drug-likeness (QED) is 0.874. The molecular weight excluding hydrogens is 300 g/mol. The van der Waals surface area contributed by atoms with Gasteiger partial charge in [0, 0.05) is 23.0 Å². The molecule has 0 saturated heterocycles. The van der Waals surface area contributed by atoms with Crippen LogP contribution in [-0.2, 0) is 11.2 Å². The number of anilines is 2. The summed E-state index contributed by atoms with van der Waals surface area (Å²) in [6.07, 6.45) is 0.952. The van der Waals surface area contributed by atoms with E-state index in [2.05, 4.69) is 29.3 Å². The lowest BCUT2D eigenvalue weighted by Crippen LogP contribution is -2.45. The van der Waals surface area contributed by atoms with Gasteiger partial charge in [-0.05, 0) is 51.0 Å². The van der Waals surface area contributed by atoms with Crippen LogP contribution < -0.4 is 10.2 Å². The van der Waals surface area contributed by atoms with E-state index in [1.54, 1.807) is 24.3 Å². The van der Waals surface area contributed by atoms with Crippen molar-refractivity contribution in [3.63, 3.8) is 0 Å². The Labute approximate surface area is 142 Å². The molecule has 3 rings (SSSR count). The van der Waals surface area contributed by atoms with Gasteiger partial charge in [-0.15, -0.1) is 0 Å². The van der Waals surface area contributed by atoms with Crippen molar-refractivity contribution in [2.75, 3.05) is 10.2 Å². The van der Waals surface area contributed by atoms with Crippen LogP contribution in [0.3, 0.4) is 0 Å². The van der Waals surface area contributed by atoms with Gasteiger partial charge in [-0.25, -0.2) is 0 Å². The van der Waals surface area contributed by atoms with E-state index in [-0.39, 0.29) is 23.8 Å². The van der Waals surface area contributed by atoms with Gasteiger partial charge in [0.25, 0.3) is 0 Å². The summed E-state index contributed by atoms with van der Waals surface area (Å²) >= 11 is 0. The van der Waals surface area contributed by atoms with Crippen molar-refractivity contribution < 1.29 is 9.59 Å². The molecule has 2 aromatic rings. The highest BCUT2D eigenvalue weighted by Crippen LogP contribution is 2.33. The van der Waals surface area contributed by atoms with Crippen LogP contribution in [0.2, 0.25) is 0 Å². The third-order valence-electron chi connectivity index (χ3n) is 4.59. The fraction of sp³-hybridized carbons (Fsp3) is 0.300. The topological polar surface area (TPSA) is 49.4 Å². The second kappa shape index (κ2) is 6.48. The minimum Gasteiger partial charge on any atom is -0.357 e. The van der Waals surface area contributed by atoms with Crippen molar-refractivity contribution in [3.05, 3.63) is 59.7 Å². The van der Waals surface area contributed by atoms with Gasteiger partial charge in [0.15, 0.2) is 5.78 Å². The largest absolute Gasteiger partial charge is 0.357 e. The molecule has 0 spiro atoms. The second-order valence-electron chi connectivity index (χ2n) is 6.39. The number of benzene rings is 2. The summed E-state index contributed by atoms with van der Waals surface area (Å²) < 4.78 is 0. The van der Waals surface area contributed by atoms with E-state index in [4.69, 9.17) is 0 Å². The highest BCUT2D eigenvalue weighted by molar-refractivity contribution is 5.99. The maximum absolute atomic E-state index is 12.7. The summed E-state index contributed by atoms with van der Waals surface area (Å²) in [6.45, 7) is 5.58. The average Bonchev–Trinajstić information content (AvgIpc) is 2.90. The molecule has 1 amide bonds. The predicted octanol–water partition coefficient (Wildman–Crippen LogP) is 3.67. The first kappa shape index (κ1) is 16.2. The normalized spacial score (nSPS) is 17.3. The van der Waals surface area contributed by atoms with Crippen LogP contribution in [0.15, 0.2) is 48.5 Å². The van der Waals surface area contributed by atoms with Gasteiger partial charge in [0.05, 0.1) is 0 Å². The molecule has 0 aromatic heterocycles. The number of fused-ring (bicyclic) bond motifs is 1. The van der Waals surface area contributed by atoms with Gasteiger partial charge in [0.2, 0.25) is 5.91 Å². The molecular formula is C20H22N2O2. The summed E-state index contributed by atoms with van der Waals surface area (Å²) in [5.41, 5.74) is 3.66. The SMILES string of the molecule is CC(=O)c1cccc(NC(=O)C(C)N2c3ccccc3CC2C)c1. The maximum Gasteiger partial charge on any atom is 0.246 e. The number of para-hydroxylation sites is 1. The van der Waals surface area contributed by atoms with Gasteiger partial charge < -0.3 is 10.2 Å². The third-order valence-corrected chi connectivity index (χ3v) is 4.59. The zero-order valence-corrected chi connectivity index (χ0v) is 14.2. The number of Topliss-reactive ketones (excluding diaryl/α,β-unsaturated/α-hetero) is 1. The van der Waals surface area contributed by atoms with Gasteiger partial charge in [-0.2, -0.15) is 0 Å².